The summed E-state index contributed by atoms with van der Waals surface area (Å²) in [6.45, 7) is 4.30. The Labute approximate surface area is 176 Å². The summed E-state index contributed by atoms with van der Waals surface area (Å²) in [4.78, 5) is 13.5. The Balaban J connectivity index is 1.81. The Kier molecular flexibility index (Phi) is 4.14. The molecule has 0 amide bonds. The Morgan fingerprint density at radius 1 is 1.07 bits per heavy atom. The molecule has 0 spiro atoms. The molecule has 0 saturated carbocycles. The predicted molar refractivity (Wildman–Crippen MR) is 120 cm³/mol. The zero-order valence-electron chi connectivity index (χ0n) is 17.5. The lowest BCUT2D eigenvalue weighted by atomic mass is 9.67. The number of ketones is 1. The molecule has 4 nitrogen and oxygen atoms in total. The molecule has 4 heteroatoms. The first-order valence-electron chi connectivity index (χ1n) is 10.3. The molecule has 30 heavy (non-hydrogen) atoms. The van der Waals surface area contributed by atoms with Crippen molar-refractivity contribution >= 4 is 27.8 Å². The molecule has 1 aliphatic heterocycles. The maximum atomic E-state index is 13.5. The molecule has 1 unspecified atom stereocenters. The lowest BCUT2D eigenvalue weighted by molar-refractivity contribution is -0.116. The second-order valence-corrected chi connectivity index (χ2v) is 9.05. The van der Waals surface area contributed by atoms with Crippen molar-refractivity contribution in [1.82, 2.24) is 0 Å². The standard InChI is InChI=1S/C26H25NO3/c1-26(2)13-19-24(21(29)14-26)23-17-7-5-4-6-15(17)8-11-20(23)27-25(19)18-10-9-16(28)12-22(18)30-3/h4-12,25,27-28H,13-14H2,1-3H3. The zero-order chi connectivity index (χ0) is 21.0. The van der Waals surface area contributed by atoms with Crippen molar-refractivity contribution in [3.63, 3.8) is 0 Å². The van der Waals surface area contributed by atoms with Crippen LogP contribution in [0.5, 0.6) is 11.5 Å². The van der Waals surface area contributed by atoms with Crippen LogP contribution < -0.4 is 10.1 Å². The van der Waals surface area contributed by atoms with Crippen LogP contribution in [0.4, 0.5) is 5.69 Å². The van der Waals surface area contributed by atoms with Gasteiger partial charge in [0.2, 0.25) is 0 Å². The van der Waals surface area contributed by atoms with E-state index in [9.17, 15) is 9.90 Å². The van der Waals surface area contributed by atoms with Crippen LogP contribution in [0.15, 0.2) is 60.2 Å². The number of aromatic hydroxyl groups is 1. The van der Waals surface area contributed by atoms with Gasteiger partial charge >= 0.3 is 0 Å². The number of fused-ring (bicyclic) bond motifs is 4. The number of carbonyl (C=O) groups excluding carboxylic acids is 1. The molecule has 3 aromatic rings. The van der Waals surface area contributed by atoms with E-state index in [2.05, 4.69) is 43.4 Å². The number of anilines is 1. The quantitative estimate of drug-likeness (QED) is 0.566. The molecule has 0 radical (unpaired) electrons. The highest BCUT2D eigenvalue weighted by Crippen LogP contribution is 2.52. The number of phenolic OH excluding ortho intramolecular Hbond substituents is 1. The first kappa shape index (κ1) is 18.7. The first-order chi connectivity index (χ1) is 14.4. The van der Waals surface area contributed by atoms with Gasteiger partial charge in [-0.05, 0) is 46.4 Å². The molecule has 0 aromatic heterocycles. The third kappa shape index (κ3) is 2.86. The van der Waals surface area contributed by atoms with Crippen LogP contribution in [0, 0.1) is 5.41 Å². The van der Waals surface area contributed by atoms with Crippen LogP contribution in [0.2, 0.25) is 0 Å². The van der Waals surface area contributed by atoms with Crippen LogP contribution in [-0.4, -0.2) is 18.0 Å². The van der Waals surface area contributed by atoms with E-state index in [1.165, 1.54) is 0 Å². The van der Waals surface area contributed by atoms with Crippen molar-refractivity contribution in [3.8, 4) is 11.5 Å². The van der Waals surface area contributed by atoms with E-state index in [0.29, 0.717) is 12.2 Å². The van der Waals surface area contributed by atoms with Crippen molar-refractivity contribution in [2.75, 3.05) is 12.4 Å². The Morgan fingerprint density at radius 3 is 2.67 bits per heavy atom. The van der Waals surface area contributed by atoms with E-state index < -0.39 is 0 Å². The van der Waals surface area contributed by atoms with Gasteiger partial charge in [-0.15, -0.1) is 0 Å². The van der Waals surface area contributed by atoms with Gasteiger partial charge in [0, 0.05) is 34.9 Å². The van der Waals surface area contributed by atoms with E-state index >= 15 is 0 Å². The molecule has 0 bridgehead atoms. The average molecular weight is 399 g/mol. The topological polar surface area (TPSA) is 58.6 Å². The Morgan fingerprint density at radius 2 is 1.87 bits per heavy atom. The van der Waals surface area contributed by atoms with Crippen molar-refractivity contribution in [2.24, 2.45) is 5.41 Å². The average Bonchev–Trinajstić information content (AvgIpc) is 2.72. The van der Waals surface area contributed by atoms with E-state index in [0.717, 1.165) is 45.2 Å². The molecule has 0 fully saturated rings. The lowest BCUT2D eigenvalue weighted by Crippen LogP contribution is -2.32. The molecule has 2 aliphatic rings. The minimum absolute atomic E-state index is 0.109. The second kappa shape index (κ2) is 6.63. The minimum atomic E-state index is -0.187. The van der Waals surface area contributed by atoms with Crippen LogP contribution in [0.1, 0.15) is 43.9 Å². The van der Waals surface area contributed by atoms with Crippen LogP contribution in [0.25, 0.3) is 16.3 Å². The molecular weight excluding hydrogens is 374 g/mol. The fourth-order valence-electron chi connectivity index (χ4n) is 5.02. The number of Topliss-reactive ketones (excluding diaryl/α,β-unsaturated/α-hetero) is 1. The SMILES string of the molecule is COc1cc(O)ccc1C1Nc2ccc3ccccc3c2C2=C1CC(C)(C)CC2=O. The summed E-state index contributed by atoms with van der Waals surface area (Å²) in [6.07, 6.45) is 1.35. The number of rotatable bonds is 2. The summed E-state index contributed by atoms with van der Waals surface area (Å²) < 4.78 is 5.59. The lowest BCUT2D eigenvalue weighted by Gasteiger charge is -2.40. The largest absolute Gasteiger partial charge is 0.508 e. The summed E-state index contributed by atoms with van der Waals surface area (Å²) in [5, 5.41) is 15.8. The molecule has 0 saturated heterocycles. The van der Waals surface area contributed by atoms with Crippen LogP contribution in [0.3, 0.4) is 0 Å². The van der Waals surface area contributed by atoms with Gasteiger partial charge in [0.1, 0.15) is 11.5 Å². The fraction of sp³-hybridized carbons (Fsp3) is 0.269. The van der Waals surface area contributed by atoms with Crippen molar-refractivity contribution < 1.29 is 14.6 Å². The summed E-state index contributed by atoms with van der Waals surface area (Å²) in [6, 6.07) is 17.4. The Hall–Kier alpha value is -3.27. The van der Waals surface area contributed by atoms with Crippen LogP contribution in [-0.2, 0) is 4.79 Å². The molecule has 1 atom stereocenters. The number of ether oxygens (including phenoxy) is 1. The number of benzene rings is 3. The molecular formula is C26H25NO3. The summed E-state index contributed by atoms with van der Waals surface area (Å²) in [5.41, 5.74) is 4.73. The Bertz CT molecular complexity index is 1220. The minimum Gasteiger partial charge on any atom is -0.508 e. The van der Waals surface area contributed by atoms with E-state index in [-0.39, 0.29) is 23.0 Å². The molecule has 2 N–H and O–H groups in total. The van der Waals surface area contributed by atoms with Gasteiger partial charge in [-0.25, -0.2) is 0 Å². The van der Waals surface area contributed by atoms with Gasteiger partial charge in [0.05, 0.1) is 13.2 Å². The van der Waals surface area contributed by atoms with Crippen molar-refractivity contribution in [1.29, 1.82) is 0 Å². The number of allylic oxidation sites excluding steroid dienone is 1. The highest BCUT2D eigenvalue weighted by Gasteiger charge is 2.41. The normalized spacial score (nSPS) is 19.8. The third-order valence-electron chi connectivity index (χ3n) is 6.26. The van der Waals surface area contributed by atoms with Gasteiger partial charge in [-0.3, -0.25) is 4.79 Å². The van der Waals surface area contributed by atoms with Crippen molar-refractivity contribution in [3.05, 3.63) is 71.3 Å². The molecule has 1 aliphatic carbocycles. The van der Waals surface area contributed by atoms with E-state index in [4.69, 9.17) is 4.74 Å². The molecule has 152 valence electrons. The number of hydrogen-bond acceptors (Lipinski definition) is 4. The van der Waals surface area contributed by atoms with Gasteiger partial charge in [-0.2, -0.15) is 0 Å². The van der Waals surface area contributed by atoms with Crippen LogP contribution >= 0.6 is 0 Å². The van der Waals surface area contributed by atoms with Gasteiger partial charge in [0.25, 0.3) is 0 Å². The maximum Gasteiger partial charge on any atom is 0.164 e. The maximum absolute atomic E-state index is 13.5. The van der Waals surface area contributed by atoms with Gasteiger partial charge in [0.15, 0.2) is 5.78 Å². The number of nitrogens with one attached hydrogen (secondary N) is 1. The third-order valence-corrected chi connectivity index (χ3v) is 6.26. The summed E-state index contributed by atoms with van der Waals surface area (Å²) in [5.74, 6) is 0.967. The fourth-order valence-corrected chi connectivity index (χ4v) is 5.02. The summed E-state index contributed by atoms with van der Waals surface area (Å²) >= 11 is 0. The molecule has 5 rings (SSSR count). The summed E-state index contributed by atoms with van der Waals surface area (Å²) in [7, 11) is 1.60. The number of methoxy groups -OCH3 is 1. The molecule has 1 heterocycles. The smallest absolute Gasteiger partial charge is 0.164 e. The second-order valence-electron chi connectivity index (χ2n) is 9.05. The monoisotopic (exact) mass is 399 g/mol. The number of phenols is 1. The van der Waals surface area contributed by atoms with E-state index in [1.54, 1.807) is 19.2 Å². The predicted octanol–water partition coefficient (Wildman–Crippen LogP) is 5.86. The van der Waals surface area contributed by atoms with Crippen molar-refractivity contribution in [2.45, 2.75) is 32.7 Å². The van der Waals surface area contributed by atoms with Gasteiger partial charge < -0.3 is 15.2 Å². The zero-order valence-corrected chi connectivity index (χ0v) is 17.5. The number of carbonyl (C=O) groups is 1. The highest BCUT2D eigenvalue weighted by molar-refractivity contribution is 6.28. The van der Waals surface area contributed by atoms with E-state index in [1.807, 2.05) is 18.2 Å². The molecule has 3 aromatic carbocycles. The van der Waals surface area contributed by atoms with Gasteiger partial charge in [-0.1, -0.05) is 44.2 Å². The first-order valence-corrected chi connectivity index (χ1v) is 10.3. The number of hydrogen-bond donors (Lipinski definition) is 2. The highest BCUT2D eigenvalue weighted by atomic mass is 16.5.